The average Bonchev–Trinajstić information content (AvgIpc) is 2.96. The molecule has 2 aliphatic rings. The lowest BCUT2D eigenvalue weighted by Crippen LogP contribution is -2.45. The van der Waals surface area contributed by atoms with Gasteiger partial charge in [-0.05, 0) is 43.4 Å². The van der Waals surface area contributed by atoms with Crippen molar-refractivity contribution in [3.63, 3.8) is 0 Å². The number of ether oxygens (including phenoxy) is 1. The van der Waals surface area contributed by atoms with Crippen molar-refractivity contribution in [2.45, 2.75) is 50.7 Å². The Kier molecular flexibility index (Phi) is 5.58. The molecule has 6 heteroatoms. The molecule has 136 valence electrons. The Morgan fingerprint density at radius 1 is 1.28 bits per heavy atom. The number of hydrogen-bond acceptors (Lipinski definition) is 4. The van der Waals surface area contributed by atoms with Crippen LogP contribution in [0.4, 0.5) is 0 Å². The van der Waals surface area contributed by atoms with Crippen LogP contribution in [0.25, 0.3) is 0 Å². The molecule has 1 aromatic rings. The molecular formula is C19H27N3O3. The molecule has 3 atom stereocenters. The summed E-state index contributed by atoms with van der Waals surface area (Å²) in [5.74, 6) is 0.739. The van der Waals surface area contributed by atoms with Gasteiger partial charge in [-0.3, -0.25) is 9.59 Å². The summed E-state index contributed by atoms with van der Waals surface area (Å²) < 4.78 is 5.15. The molecular weight excluding hydrogens is 318 g/mol. The first-order chi connectivity index (χ1) is 12.1. The molecule has 3 N–H and O–H groups in total. The molecule has 0 bridgehead atoms. The van der Waals surface area contributed by atoms with Crippen molar-refractivity contribution in [2.75, 3.05) is 13.7 Å². The molecule has 2 amide bonds. The maximum absolute atomic E-state index is 12.6. The zero-order valence-electron chi connectivity index (χ0n) is 14.7. The van der Waals surface area contributed by atoms with Crippen LogP contribution in [0.5, 0.6) is 5.75 Å². The number of nitrogens with two attached hydrogens (primary N) is 1. The molecule has 0 spiro atoms. The van der Waals surface area contributed by atoms with Crippen molar-refractivity contribution in [1.29, 1.82) is 0 Å². The maximum Gasteiger partial charge on any atom is 0.245 e. The third kappa shape index (κ3) is 4.31. The van der Waals surface area contributed by atoms with Crippen molar-refractivity contribution < 1.29 is 14.3 Å². The van der Waals surface area contributed by atoms with Gasteiger partial charge in [0.25, 0.3) is 0 Å². The SMILES string of the molecule is COc1ccc(CN2CCC(NC(=O)C3CCCC(N)C3)C2=O)cc1. The standard InChI is InChI=1S/C19H27N3O3/c1-25-16-7-5-13(6-8-16)12-22-10-9-17(19(22)24)21-18(23)14-3-2-4-15(20)11-14/h5-8,14-15,17H,2-4,9-12,20H2,1H3,(H,21,23). The zero-order chi connectivity index (χ0) is 17.8. The van der Waals surface area contributed by atoms with Crippen molar-refractivity contribution in [1.82, 2.24) is 10.2 Å². The van der Waals surface area contributed by atoms with Gasteiger partial charge in [-0.25, -0.2) is 0 Å². The Balaban J connectivity index is 1.53. The number of rotatable bonds is 5. The van der Waals surface area contributed by atoms with Crippen LogP contribution in [0.3, 0.4) is 0 Å². The number of carbonyl (C=O) groups excluding carboxylic acids is 2. The highest BCUT2D eigenvalue weighted by atomic mass is 16.5. The van der Waals surface area contributed by atoms with E-state index in [2.05, 4.69) is 5.32 Å². The lowest BCUT2D eigenvalue weighted by Gasteiger charge is -2.26. The van der Waals surface area contributed by atoms with Crippen LogP contribution < -0.4 is 15.8 Å². The number of nitrogens with zero attached hydrogens (tertiary/aromatic N) is 1. The Labute approximate surface area is 148 Å². The summed E-state index contributed by atoms with van der Waals surface area (Å²) >= 11 is 0. The van der Waals surface area contributed by atoms with Crippen molar-refractivity contribution in [2.24, 2.45) is 11.7 Å². The first-order valence-electron chi connectivity index (χ1n) is 9.04. The molecule has 25 heavy (non-hydrogen) atoms. The summed E-state index contributed by atoms with van der Waals surface area (Å²) in [6, 6.07) is 7.41. The van der Waals surface area contributed by atoms with Gasteiger partial charge in [0, 0.05) is 25.0 Å². The van der Waals surface area contributed by atoms with E-state index >= 15 is 0 Å². The van der Waals surface area contributed by atoms with Crippen LogP contribution in [-0.4, -0.2) is 42.5 Å². The highest BCUT2D eigenvalue weighted by molar-refractivity contribution is 5.89. The predicted molar refractivity (Wildman–Crippen MR) is 94.9 cm³/mol. The largest absolute Gasteiger partial charge is 0.497 e. The van der Waals surface area contributed by atoms with Gasteiger partial charge in [-0.2, -0.15) is 0 Å². The second-order valence-electron chi connectivity index (χ2n) is 7.08. The lowest BCUT2D eigenvalue weighted by atomic mass is 9.85. The minimum Gasteiger partial charge on any atom is -0.497 e. The normalized spacial score (nSPS) is 26.6. The molecule has 3 unspecified atom stereocenters. The predicted octanol–water partition coefficient (Wildman–Crippen LogP) is 1.43. The Bertz CT molecular complexity index is 617. The number of hydrogen-bond donors (Lipinski definition) is 2. The highest BCUT2D eigenvalue weighted by Gasteiger charge is 2.35. The van der Waals surface area contributed by atoms with E-state index in [1.165, 1.54) is 0 Å². The van der Waals surface area contributed by atoms with Gasteiger partial charge >= 0.3 is 0 Å². The number of benzene rings is 1. The average molecular weight is 345 g/mol. The second-order valence-corrected chi connectivity index (χ2v) is 7.08. The number of carbonyl (C=O) groups is 2. The van der Waals surface area contributed by atoms with E-state index in [0.717, 1.165) is 37.0 Å². The van der Waals surface area contributed by atoms with Gasteiger partial charge in [0.15, 0.2) is 0 Å². The van der Waals surface area contributed by atoms with Gasteiger partial charge in [-0.15, -0.1) is 0 Å². The third-order valence-electron chi connectivity index (χ3n) is 5.23. The first kappa shape index (κ1) is 17.7. The smallest absolute Gasteiger partial charge is 0.245 e. The molecule has 3 rings (SSSR count). The van der Waals surface area contributed by atoms with Crippen LogP contribution in [0.2, 0.25) is 0 Å². The molecule has 1 heterocycles. The van der Waals surface area contributed by atoms with E-state index in [-0.39, 0.29) is 23.8 Å². The molecule has 1 aliphatic heterocycles. The fraction of sp³-hybridized carbons (Fsp3) is 0.579. The van der Waals surface area contributed by atoms with Crippen LogP contribution in [-0.2, 0) is 16.1 Å². The Morgan fingerprint density at radius 3 is 2.72 bits per heavy atom. The van der Waals surface area contributed by atoms with Crippen LogP contribution in [0.15, 0.2) is 24.3 Å². The minimum atomic E-state index is -0.399. The fourth-order valence-electron chi connectivity index (χ4n) is 3.74. The summed E-state index contributed by atoms with van der Waals surface area (Å²) in [4.78, 5) is 26.8. The van der Waals surface area contributed by atoms with Gasteiger partial charge in [0.1, 0.15) is 11.8 Å². The summed E-state index contributed by atoms with van der Waals surface area (Å²) in [5.41, 5.74) is 7.02. The highest BCUT2D eigenvalue weighted by Crippen LogP contribution is 2.24. The van der Waals surface area contributed by atoms with E-state index in [9.17, 15) is 9.59 Å². The van der Waals surface area contributed by atoms with Crippen molar-refractivity contribution in [3.8, 4) is 5.75 Å². The topological polar surface area (TPSA) is 84.7 Å². The molecule has 2 fully saturated rings. The first-order valence-corrected chi connectivity index (χ1v) is 9.04. The summed E-state index contributed by atoms with van der Waals surface area (Å²) in [7, 11) is 1.63. The molecule has 0 radical (unpaired) electrons. The third-order valence-corrected chi connectivity index (χ3v) is 5.23. The van der Waals surface area contributed by atoms with Crippen molar-refractivity contribution in [3.05, 3.63) is 29.8 Å². The minimum absolute atomic E-state index is 0.00396. The summed E-state index contributed by atoms with van der Waals surface area (Å²) in [6.45, 7) is 1.23. The quantitative estimate of drug-likeness (QED) is 0.845. The number of nitrogens with one attached hydrogen (secondary N) is 1. The van der Waals surface area contributed by atoms with E-state index < -0.39 is 6.04 Å². The van der Waals surface area contributed by atoms with Gasteiger partial charge < -0.3 is 20.7 Å². The Morgan fingerprint density at radius 2 is 2.04 bits per heavy atom. The van der Waals surface area contributed by atoms with Crippen LogP contribution >= 0.6 is 0 Å². The summed E-state index contributed by atoms with van der Waals surface area (Å²) in [6.07, 6.45) is 4.24. The number of likely N-dealkylation sites (tertiary alicyclic amines) is 1. The van der Waals surface area contributed by atoms with E-state index in [1.807, 2.05) is 24.3 Å². The Hall–Kier alpha value is -2.08. The molecule has 1 saturated heterocycles. The maximum atomic E-state index is 12.6. The van der Waals surface area contributed by atoms with Crippen LogP contribution in [0, 0.1) is 5.92 Å². The molecule has 1 aliphatic carbocycles. The second kappa shape index (κ2) is 7.87. The summed E-state index contributed by atoms with van der Waals surface area (Å²) in [5, 5.41) is 2.95. The van der Waals surface area contributed by atoms with Crippen LogP contribution in [0.1, 0.15) is 37.7 Å². The van der Waals surface area contributed by atoms with Gasteiger partial charge in [0.05, 0.1) is 7.11 Å². The number of methoxy groups -OCH3 is 1. The zero-order valence-corrected chi connectivity index (χ0v) is 14.7. The number of amides is 2. The molecule has 1 aromatic carbocycles. The molecule has 1 saturated carbocycles. The molecule has 6 nitrogen and oxygen atoms in total. The van der Waals surface area contributed by atoms with Gasteiger partial charge in [-0.1, -0.05) is 18.6 Å². The molecule has 0 aromatic heterocycles. The van der Waals surface area contributed by atoms with E-state index in [0.29, 0.717) is 19.5 Å². The fourth-order valence-corrected chi connectivity index (χ4v) is 3.74. The van der Waals surface area contributed by atoms with E-state index in [4.69, 9.17) is 10.5 Å². The van der Waals surface area contributed by atoms with E-state index in [1.54, 1.807) is 12.0 Å². The lowest BCUT2D eigenvalue weighted by molar-refractivity contribution is -0.134. The van der Waals surface area contributed by atoms with Gasteiger partial charge in [0.2, 0.25) is 11.8 Å². The monoisotopic (exact) mass is 345 g/mol. The van der Waals surface area contributed by atoms with Crippen molar-refractivity contribution >= 4 is 11.8 Å².